The molecule has 1 amide bonds. The molecule has 0 radical (unpaired) electrons. The smallest absolute Gasteiger partial charge is 0.276 e. The second-order valence-electron chi connectivity index (χ2n) is 7.01. The molecule has 0 spiro atoms. The Hall–Kier alpha value is -3.28. The highest BCUT2D eigenvalue weighted by Gasteiger charge is 2.20. The van der Waals surface area contributed by atoms with Crippen LogP contribution in [-0.4, -0.2) is 24.1 Å². The summed E-state index contributed by atoms with van der Waals surface area (Å²) in [5, 5.41) is 15.5. The Morgan fingerprint density at radius 3 is 2.66 bits per heavy atom. The van der Waals surface area contributed by atoms with Gasteiger partial charge in [0.15, 0.2) is 11.5 Å². The maximum atomic E-state index is 12.2. The molecular weight excluding hydrogens is 366 g/mol. The summed E-state index contributed by atoms with van der Waals surface area (Å²) < 4.78 is 5.10. The average Bonchev–Trinajstić information content (AvgIpc) is 3.06. The molecule has 29 heavy (non-hydrogen) atoms. The minimum absolute atomic E-state index is 0.0465. The first-order valence-electron chi connectivity index (χ1n) is 9.93. The summed E-state index contributed by atoms with van der Waals surface area (Å²) in [5.74, 6) is 0.495. The Labute approximate surface area is 171 Å². The number of nitrogens with one attached hydrogen (secondary N) is 2. The van der Waals surface area contributed by atoms with Gasteiger partial charge in [-0.25, -0.2) is 4.99 Å². The van der Waals surface area contributed by atoms with Gasteiger partial charge in [-0.05, 0) is 54.3 Å². The first-order chi connectivity index (χ1) is 14.1. The van der Waals surface area contributed by atoms with Crippen LogP contribution in [-0.2, 0) is 11.2 Å². The zero-order valence-electron chi connectivity index (χ0n) is 16.9. The number of amides is 1. The normalized spacial score (nSPS) is 14.6. The highest BCUT2D eigenvalue weighted by atomic mass is 16.5. The van der Waals surface area contributed by atoms with Crippen LogP contribution in [0.25, 0.3) is 6.08 Å². The van der Waals surface area contributed by atoms with E-state index in [4.69, 9.17) is 4.74 Å². The molecule has 3 rings (SSSR count). The maximum Gasteiger partial charge on any atom is 0.276 e. The largest absolute Gasteiger partial charge is 0.504 e. The molecule has 2 aromatic rings. The number of carbonyl (C=O) groups excluding carboxylic acids is 1. The van der Waals surface area contributed by atoms with Crippen LogP contribution in [0.3, 0.4) is 0 Å². The van der Waals surface area contributed by atoms with Crippen molar-refractivity contribution in [3.63, 3.8) is 0 Å². The van der Waals surface area contributed by atoms with Gasteiger partial charge in [-0.2, -0.15) is 0 Å². The Morgan fingerprint density at radius 1 is 1.14 bits per heavy atom. The SMILES string of the molecule is CCCCCCc1ccc(NC2=N/C(=C\c3ccc(O)c(OC)c3)C(=O)N2)cc1. The maximum absolute atomic E-state index is 12.2. The molecule has 0 saturated carbocycles. The molecule has 3 N–H and O–H groups in total. The number of guanidine groups is 1. The zero-order chi connectivity index (χ0) is 20.6. The third kappa shape index (κ3) is 5.60. The minimum atomic E-state index is -0.285. The number of benzene rings is 2. The van der Waals surface area contributed by atoms with Gasteiger partial charge >= 0.3 is 0 Å². The first kappa shape index (κ1) is 20.5. The van der Waals surface area contributed by atoms with Crippen molar-refractivity contribution >= 4 is 23.6 Å². The molecular formula is C23H27N3O3. The zero-order valence-corrected chi connectivity index (χ0v) is 16.9. The van der Waals surface area contributed by atoms with E-state index in [2.05, 4.69) is 34.7 Å². The number of unbranched alkanes of at least 4 members (excludes halogenated alkanes) is 3. The van der Waals surface area contributed by atoms with Gasteiger partial charge in [0.05, 0.1) is 7.11 Å². The predicted molar refractivity (Wildman–Crippen MR) is 116 cm³/mol. The van der Waals surface area contributed by atoms with Crippen molar-refractivity contribution in [2.45, 2.75) is 39.0 Å². The highest BCUT2D eigenvalue weighted by Crippen LogP contribution is 2.27. The highest BCUT2D eigenvalue weighted by molar-refractivity contribution is 6.17. The lowest BCUT2D eigenvalue weighted by atomic mass is 10.1. The Balaban J connectivity index is 1.64. The fraction of sp³-hybridized carbons (Fsp3) is 0.304. The van der Waals surface area contributed by atoms with Gasteiger partial charge in [0, 0.05) is 5.69 Å². The standard InChI is InChI=1S/C23H27N3O3/c1-3-4-5-6-7-16-8-11-18(12-9-16)24-23-25-19(22(28)26-23)14-17-10-13-20(27)21(15-17)29-2/h8-15,27H,3-7H2,1-2H3,(H2,24,25,26,28)/b19-14-. The monoisotopic (exact) mass is 393 g/mol. The van der Waals surface area contributed by atoms with Crippen LogP contribution < -0.4 is 15.4 Å². The number of phenols is 1. The number of aromatic hydroxyl groups is 1. The fourth-order valence-corrected chi connectivity index (χ4v) is 3.12. The molecule has 0 bridgehead atoms. The molecule has 0 aliphatic carbocycles. The van der Waals surface area contributed by atoms with Crippen molar-refractivity contribution < 1.29 is 14.6 Å². The van der Waals surface area contributed by atoms with E-state index in [9.17, 15) is 9.90 Å². The minimum Gasteiger partial charge on any atom is -0.504 e. The van der Waals surface area contributed by atoms with Crippen molar-refractivity contribution in [1.82, 2.24) is 5.32 Å². The number of nitrogens with zero attached hydrogens (tertiary/aromatic N) is 1. The lowest BCUT2D eigenvalue weighted by Gasteiger charge is -2.07. The van der Waals surface area contributed by atoms with Gasteiger partial charge in [0.2, 0.25) is 5.96 Å². The number of aryl methyl sites for hydroxylation is 1. The number of phenolic OH excluding ortho intramolecular Hbond substituents is 1. The van der Waals surface area contributed by atoms with Crippen molar-refractivity contribution in [2.75, 3.05) is 12.4 Å². The quantitative estimate of drug-likeness (QED) is 0.457. The second-order valence-corrected chi connectivity index (χ2v) is 7.01. The van der Waals surface area contributed by atoms with E-state index in [1.807, 2.05) is 12.1 Å². The fourth-order valence-electron chi connectivity index (χ4n) is 3.12. The topological polar surface area (TPSA) is 83.0 Å². The van der Waals surface area contributed by atoms with Crippen molar-refractivity contribution in [3.05, 3.63) is 59.3 Å². The Bertz CT molecular complexity index is 917. The van der Waals surface area contributed by atoms with Gasteiger partial charge in [-0.3, -0.25) is 10.1 Å². The van der Waals surface area contributed by atoms with Crippen molar-refractivity contribution in [3.8, 4) is 11.5 Å². The van der Waals surface area contributed by atoms with E-state index in [1.54, 1.807) is 18.2 Å². The van der Waals surface area contributed by atoms with Gasteiger partial charge < -0.3 is 15.2 Å². The summed E-state index contributed by atoms with van der Waals surface area (Å²) in [6, 6.07) is 13.1. The number of anilines is 1. The molecule has 2 aromatic carbocycles. The summed E-state index contributed by atoms with van der Waals surface area (Å²) in [5.41, 5.74) is 3.18. The average molecular weight is 393 g/mol. The number of aliphatic imine (C=N–C) groups is 1. The molecule has 152 valence electrons. The number of carbonyl (C=O) groups is 1. The van der Waals surface area contributed by atoms with E-state index in [0.717, 1.165) is 12.1 Å². The van der Waals surface area contributed by atoms with Gasteiger partial charge in [0.1, 0.15) is 5.70 Å². The third-order valence-electron chi connectivity index (χ3n) is 4.74. The van der Waals surface area contributed by atoms with Gasteiger partial charge in [-0.1, -0.05) is 44.4 Å². The molecule has 0 fully saturated rings. The van der Waals surface area contributed by atoms with E-state index in [-0.39, 0.29) is 17.4 Å². The van der Waals surface area contributed by atoms with Gasteiger partial charge in [-0.15, -0.1) is 0 Å². The molecule has 0 aromatic heterocycles. The number of hydrogen-bond donors (Lipinski definition) is 3. The molecule has 0 saturated heterocycles. The van der Waals surface area contributed by atoms with E-state index in [1.165, 1.54) is 44.4 Å². The molecule has 0 unspecified atom stereocenters. The van der Waals surface area contributed by atoms with Crippen LogP contribution >= 0.6 is 0 Å². The molecule has 6 heteroatoms. The number of rotatable bonds is 8. The Morgan fingerprint density at radius 2 is 1.93 bits per heavy atom. The number of methoxy groups -OCH3 is 1. The molecule has 0 atom stereocenters. The second kappa shape index (κ2) is 9.78. The molecule has 1 aliphatic heterocycles. The van der Waals surface area contributed by atoms with Crippen molar-refractivity contribution in [2.24, 2.45) is 4.99 Å². The lowest BCUT2D eigenvalue weighted by Crippen LogP contribution is -2.29. The van der Waals surface area contributed by atoms with Crippen LogP contribution in [0, 0.1) is 0 Å². The first-order valence-corrected chi connectivity index (χ1v) is 9.93. The summed E-state index contributed by atoms with van der Waals surface area (Å²) >= 11 is 0. The van der Waals surface area contributed by atoms with Crippen LogP contribution in [0.15, 0.2) is 53.2 Å². The van der Waals surface area contributed by atoms with Crippen LogP contribution in [0.4, 0.5) is 5.69 Å². The summed E-state index contributed by atoms with van der Waals surface area (Å²) in [6.45, 7) is 2.22. The summed E-state index contributed by atoms with van der Waals surface area (Å²) in [6.07, 6.45) is 7.73. The Kier molecular flexibility index (Phi) is 6.89. The van der Waals surface area contributed by atoms with Gasteiger partial charge in [0.25, 0.3) is 5.91 Å². The number of hydrogen-bond acceptors (Lipinski definition) is 5. The third-order valence-corrected chi connectivity index (χ3v) is 4.74. The van der Waals surface area contributed by atoms with Crippen LogP contribution in [0.2, 0.25) is 0 Å². The van der Waals surface area contributed by atoms with Crippen LogP contribution in [0.5, 0.6) is 11.5 Å². The molecule has 1 aliphatic rings. The lowest BCUT2D eigenvalue weighted by molar-refractivity contribution is -0.115. The van der Waals surface area contributed by atoms with E-state index in [0.29, 0.717) is 17.3 Å². The van der Waals surface area contributed by atoms with E-state index >= 15 is 0 Å². The number of ether oxygens (including phenoxy) is 1. The van der Waals surface area contributed by atoms with Crippen LogP contribution in [0.1, 0.15) is 43.7 Å². The molecule has 1 heterocycles. The summed E-state index contributed by atoms with van der Waals surface area (Å²) in [4.78, 5) is 16.5. The van der Waals surface area contributed by atoms with Crippen molar-refractivity contribution in [1.29, 1.82) is 0 Å². The summed E-state index contributed by atoms with van der Waals surface area (Å²) in [7, 11) is 1.48. The predicted octanol–water partition coefficient (Wildman–Crippen LogP) is 4.46. The van der Waals surface area contributed by atoms with E-state index < -0.39 is 0 Å². The molecule has 6 nitrogen and oxygen atoms in total.